The third-order valence-electron chi connectivity index (χ3n) is 3.68. The standard InChI is InChI=1S/C13H26N2O/c1-5-13(4,12(14)10-11(2)3)15-6-8-16-9-7-15/h10,12H,5-9,14H2,1-4H3. The lowest BCUT2D eigenvalue weighted by Crippen LogP contribution is -2.60. The van der Waals surface area contributed by atoms with Gasteiger partial charge in [-0.1, -0.05) is 18.6 Å². The zero-order valence-corrected chi connectivity index (χ0v) is 11.1. The molecule has 1 fully saturated rings. The summed E-state index contributed by atoms with van der Waals surface area (Å²) in [7, 11) is 0. The van der Waals surface area contributed by atoms with Gasteiger partial charge in [0.25, 0.3) is 0 Å². The molecule has 0 amide bonds. The van der Waals surface area contributed by atoms with Crippen LogP contribution in [0.1, 0.15) is 34.1 Å². The molecule has 2 N–H and O–H groups in total. The van der Waals surface area contributed by atoms with Crippen molar-refractivity contribution < 1.29 is 4.74 Å². The topological polar surface area (TPSA) is 38.5 Å². The summed E-state index contributed by atoms with van der Waals surface area (Å²) >= 11 is 0. The molecule has 2 atom stereocenters. The third-order valence-corrected chi connectivity index (χ3v) is 3.68. The molecule has 0 bridgehead atoms. The molecule has 1 aliphatic heterocycles. The Kier molecular flexibility index (Phi) is 4.96. The smallest absolute Gasteiger partial charge is 0.0594 e. The Balaban J connectivity index is 2.78. The number of allylic oxidation sites excluding steroid dienone is 1. The second-order valence-corrected chi connectivity index (χ2v) is 5.08. The van der Waals surface area contributed by atoms with Crippen molar-refractivity contribution in [2.45, 2.75) is 45.7 Å². The Bertz CT molecular complexity index is 242. The molecule has 1 saturated heterocycles. The van der Waals surface area contributed by atoms with E-state index in [0.29, 0.717) is 0 Å². The van der Waals surface area contributed by atoms with Gasteiger partial charge in [-0.3, -0.25) is 4.90 Å². The molecule has 3 nitrogen and oxygen atoms in total. The van der Waals surface area contributed by atoms with E-state index >= 15 is 0 Å². The minimum Gasteiger partial charge on any atom is -0.379 e. The van der Waals surface area contributed by atoms with Crippen LogP contribution in [-0.4, -0.2) is 42.8 Å². The van der Waals surface area contributed by atoms with Gasteiger partial charge in [0.15, 0.2) is 0 Å². The predicted octanol–water partition coefficient (Wildman–Crippen LogP) is 1.78. The van der Waals surface area contributed by atoms with E-state index < -0.39 is 0 Å². The maximum absolute atomic E-state index is 6.34. The van der Waals surface area contributed by atoms with E-state index in [9.17, 15) is 0 Å². The highest BCUT2D eigenvalue weighted by molar-refractivity contribution is 5.10. The molecule has 0 radical (unpaired) electrons. The van der Waals surface area contributed by atoms with E-state index in [0.717, 1.165) is 32.7 Å². The van der Waals surface area contributed by atoms with Gasteiger partial charge in [-0.05, 0) is 27.2 Å². The van der Waals surface area contributed by atoms with Crippen LogP contribution in [0.15, 0.2) is 11.6 Å². The van der Waals surface area contributed by atoms with Crippen molar-refractivity contribution in [2.75, 3.05) is 26.3 Å². The van der Waals surface area contributed by atoms with E-state index in [2.05, 4.69) is 38.7 Å². The van der Waals surface area contributed by atoms with Crippen molar-refractivity contribution in [3.8, 4) is 0 Å². The number of nitrogens with two attached hydrogens (primary N) is 1. The SMILES string of the molecule is CCC(C)(C(N)C=C(C)C)N1CCOCC1. The average molecular weight is 226 g/mol. The minimum absolute atomic E-state index is 0.0566. The van der Waals surface area contributed by atoms with E-state index in [4.69, 9.17) is 10.5 Å². The summed E-state index contributed by atoms with van der Waals surface area (Å²) in [6.45, 7) is 12.3. The van der Waals surface area contributed by atoms with Gasteiger partial charge >= 0.3 is 0 Å². The number of hydrogen-bond acceptors (Lipinski definition) is 3. The van der Waals surface area contributed by atoms with Crippen LogP contribution in [-0.2, 0) is 4.74 Å². The molecule has 0 saturated carbocycles. The molecule has 1 aliphatic rings. The highest BCUT2D eigenvalue weighted by Gasteiger charge is 2.35. The lowest BCUT2D eigenvalue weighted by atomic mass is 9.86. The third kappa shape index (κ3) is 3.06. The second-order valence-electron chi connectivity index (χ2n) is 5.08. The van der Waals surface area contributed by atoms with E-state index in [-0.39, 0.29) is 11.6 Å². The minimum atomic E-state index is 0.0566. The molecule has 2 unspecified atom stereocenters. The van der Waals surface area contributed by atoms with Crippen molar-refractivity contribution >= 4 is 0 Å². The molecule has 0 aliphatic carbocycles. The Morgan fingerprint density at radius 3 is 2.44 bits per heavy atom. The summed E-state index contributed by atoms with van der Waals surface area (Å²) < 4.78 is 5.40. The van der Waals surface area contributed by atoms with Gasteiger partial charge in [0.2, 0.25) is 0 Å². The fraction of sp³-hybridized carbons (Fsp3) is 0.846. The summed E-state index contributed by atoms with van der Waals surface area (Å²) in [5, 5.41) is 0. The first kappa shape index (κ1) is 13.7. The molecule has 1 heterocycles. The summed E-state index contributed by atoms with van der Waals surface area (Å²) in [5.74, 6) is 0. The highest BCUT2D eigenvalue weighted by atomic mass is 16.5. The molecular weight excluding hydrogens is 200 g/mol. The van der Waals surface area contributed by atoms with E-state index in [1.54, 1.807) is 0 Å². The van der Waals surface area contributed by atoms with Gasteiger partial charge in [-0.25, -0.2) is 0 Å². The van der Waals surface area contributed by atoms with Crippen LogP contribution < -0.4 is 5.73 Å². The summed E-state index contributed by atoms with van der Waals surface area (Å²) in [4.78, 5) is 2.47. The molecule has 94 valence electrons. The Hall–Kier alpha value is -0.380. The Morgan fingerprint density at radius 1 is 1.44 bits per heavy atom. The molecule has 0 aromatic carbocycles. The lowest BCUT2D eigenvalue weighted by Gasteiger charge is -2.45. The first-order chi connectivity index (χ1) is 7.50. The van der Waals surface area contributed by atoms with Crippen molar-refractivity contribution in [3.63, 3.8) is 0 Å². The zero-order valence-electron chi connectivity index (χ0n) is 11.1. The van der Waals surface area contributed by atoms with Crippen molar-refractivity contribution in [3.05, 3.63) is 11.6 Å². The molecule has 3 heteroatoms. The lowest BCUT2D eigenvalue weighted by molar-refractivity contribution is -0.0222. The van der Waals surface area contributed by atoms with Gasteiger partial charge in [0, 0.05) is 24.7 Å². The number of rotatable bonds is 4. The zero-order chi connectivity index (χ0) is 12.2. The van der Waals surface area contributed by atoms with Gasteiger partial charge < -0.3 is 10.5 Å². The maximum Gasteiger partial charge on any atom is 0.0594 e. The predicted molar refractivity (Wildman–Crippen MR) is 68.5 cm³/mol. The van der Waals surface area contributed by atoms with Crippen LogP contribution in [0.2, 0.25) is 0 Å². The quantitative estimate of drug-likeness (QED) is 0.743. The monoisotopic (exact) mass is 226 g/mol. The fourth-order valence-corrected chi connectivity index (χ4v) is 2.28. The van der Waals surface area contributed by atoms with Crippen LogP contribution in [0.5, 0.6) is 0 Å². The van der Waals surface area contributed by atoms with Crippen molar-refractivity contribution in [1.29, 1.82) is 0 Å². The number of morpholine rings is 1. The number of hydrogen-bond donors (Lipinski definition) is 1. The van der Waals surface area contributed by atoms with E-state index in [1.165, 1.54) is 5.57 Å². The molecule has 0 aromatic rings. The molecule has 0 aromatic heterocycles. The first-order valence-corrected chi connectivity index (χ1v) is 6.24. The number of ether oxygens (including phenoxy) is 1. The van der Waals surface area contributed by atoms with Crippen LogP contribution in [0.3, 0.4) is 0 Å². The van der Waals surface area contributed by atoms with Crippen LogP contribution in [0.4, 0.5) is 0 Å². The molecule has 0 spiro atoms. The van der Waals surface area contributed by atoms with Crippen LogP contribution in [0, 0.1) is 0 Å². The summed E-state index contributed by atoms with van der Waals surface area (Å²) in [6.07, 6.45) is 3.25. The normalized spacial score (nSPS) is 23.6. The van der Waals surface area contributed by atoms with E-state index in [1.807, 2.05) is 0 Å². The largest absolute Gasteiger partial charge is 0.379 e. The van der Waals surface area contributed by atoms with Crippen LogP contribution in [0.25, 0.3) is 0 Å². The maximum atomic E-state index is 6.34. The van der Waals surface area contributed by atoms with Gasteiger partial charge in [0.05, 0.1) is 13.2 Å². The first-order valence-electron chi connectivity index (χ1n) is 6.24. The second kappa shape index (κ2) is 5.80. The molecule has 16 heavy (non-hydrogen) atoms. The van der Waals surface area contributed by atoms with Gasteiger partial charge in [-0.15, -0.1) is 0 Å². The fourth-order valence-electron chi connectivity index (χ4n) is 2.28. The molecule has 1 rings (SSSR count). The van der Waals surface area contributed by atoms with Crippen molar-refractivity contribution in [2.24, 2.45) is 5.73 Å². The summed E-state index contributed by atoms with van der Waals surface area (Å²) in [5.41, 5.74) is 7.68. The van der Waals surface area contributed by atoms with Crippen molar-refractivity contribution in [1.82, 2.24) is 4.90 Å². The average Bonchev–Trinajstić information content (AvgIpc) is 2.28. The highest BCUT2D eigenvalue weighted by Crippen LogP contribution is 2.25. The van der Waals surface area contributed by atoms with Gasteiger partial charge in [-0.2, -0.15) is 0 Å². The Labute approximate surface area is 99.6 Å². The van der Waals surface area contributed by atoms with Crippen LogP contribution >= 0.6 is 0 Å². The summed E-state index contributed by atoms with van der Waals surface area (Å²) in [6, 6.07) is 0.0978. The number of nitrogens with zero attached hydrogens (tertiary/aromatic N) is 1. The van der Waals surface area contributed by atoms with Gasteiger partial charge in [0.1, 0.15) is 0 Å². The molecular formula is C13H26N2O. The Morgan fingerprint density at radius 2 is 2.00 bits per heavy atom.